The lowest BCUT2D eigenvalue weighted by Gasteiger charge is -2.27. The van der Waals surface area contributed by atoms with E-state index in [0.717, 1.165) is 49.1 Å². The Morgan fingerprint density at radius 3 is 3.17 bits per heavy atom. The molecule has 2 rings (SSSR count). The molecule has 0 aliphatic carbocycles. The standard InChI is InChI=1S/C15H18BrNO/c1-2-3-4-5-9-17-14-8-10-18-15-7-6-12(16)11-13(14)15/h1,6-7,11,14,17H,3-5,8-10H2. The van der Waals surface area contributed by atoms with Crippen molar-refractivity contribution in [1.29, 1.82) is 0 Å². The minimum absolute atomic E-state index is 0.400. The van der Waals surface area contributed by atoms with Gasteiger partial charge in [0, 0.05) is 28.9 Å². The number of fused-ring (bicyclic) bond motifs is 1. The Morgan fingerprint density at radius 1 is 1.44 bits per heavy atom. The number of hydrogen-bond donors (Lipinski definition) is 1. The second kappa shape index (κ2) is 6.82. The summed E-state index contributed by atoms with van der Waals surface area (Å²) in [5, 5.41) is 3.59. The summed E-state index contributed by atoms with van der Waals surface area (Å²) < 4.78 is 6.77. The maximum Gasteiger partial charge on any atom is 0.124 e. The molecule has 1 N–H and O–H groups in total. The van der Waals surface area contributed by atoms with Crippen molar-refractivity contribution in [2.24, 2.45) is 0 Å². The predicted octanol–water partition coefficient (Wildman–Crippen LogP) is 3.67. The Hall–Kier alpha value is -0.980. The van der Waals surface area contributed by atoms with Crippen molar-refractivity contribution in [2.45, 2.75) is 31.7 Å². The number of benzene rings is 1. The zero-order valence-corrected chi connectivity index (χ0v) is 12.0. The quantitative estimate of drug-likeness (QED) is 0.662. The molecule has 1 aliphatic rings. The second-order valence-corrected chi connectivity index (χ2v) is 5.40. The summed E-state index contributed by atoms with van der Waals surface area (Å²) in [5.74, 6) is 3.68. The molecule has 0 aromatic heterocycles. The first-order valence-electron chi connectivity index (χ1n) is 6.40. The van der Waals surface area contributed by atoms with E-state index < -0.39 is 0 Å². The van der Waals surface area contributed by atoms with Crippen LogP contribution in [0.3, 0.4) is 0 Å². The first-order valence-corrected chi connectivity index (χ1v) is 7.19. The molecule has 0 saturated heterocycles. The molecule has 2 nitrogen and oxygen atoms in total. The fourth-order valence-corrected chi connectivity index (χ4v) is 2.58. The van der Waals surface area contributed by atoms with Gasteiger partial charge in [0.15, 0.2) is 0 Å². The van der Waals surface area contributed by atoms with Gasteiger partial charge in [0.1, 0.15) is 5.75 Å². The minimum Gasteiger partial charge on any atom is -0.493 e. The molecule has 1 heterocycles. The predicted molar refractivity (Wildman–Crippen MR) is 77.7 cm³/mol. The van der Waals surface area contributed by atoms with Gasteiger partial charge in [0.05, 0.1) is 6.61 Å². The molecule has 1 atom stereocenters. The number of halogens is 1. The summed E-state index contributed by atoms with van der Waals surface area (Å²) in [6, 6.07) is 6.60. The van der Waals surface area contributed by atoms with E-state index in [1.54, 1.807) is 0 Å². The SMILES string of the molecule is C#CCCCCNC1CCOc2ccc(Br)cc21. The van der Waals surface area contributed by atoms with Crippen LogP contribution in [0, 0.1) is 12.3 Å². The van der Waals surface area contributed by atoms with Crippen LogP contribution in [0.5, 0.6) is 5.75 Å². The zero-order valence-electron chi connectivity index (χ0n) is 10.4. The fraction of sp³-hybridized carbons (Fsp3) is 0.467. The zero-order chi connectivity index (χ0) is 12.8. The Kier molecular flexibility index (Phi) is 5.10. The van der Waals surface area contributed by atoms with Crippen LogP contribution in [0.25, 0.3) is 0 Å². The van der Waals surface area contributed by atoms with Gasteiger partial charge < -0.3 is 10.1 Å². The molecular weight excluding hydrogens is 290 g/mol. The average Bonchev–Trinajstić information content (AvgIpc) is 2.39. The molecule has 0 amide bonds. The summed E-state index contributed by atoms with van der Waals surface area (Å²) in [6.07, 6.45) is 9.37. The van der Waals surface area contributed by atoms with Gasteiger partial charge in [-0.1, -0.05) is 15.9 Å². The summed E-state index contributed by atoms with van der Waals surface area (Å²) in [6.45, 7) is 1.80. The molecule has 0 radical (unpaired) electrons. The van der Waals surface area contributed by atoms with Crippen molar-refractivity contribution in [3.8, 4) is 18.1 Å². The number of ether oxygens (including phenoxy) is 1. The summed E-state index contributed by atoms with van der Waals surface area (Å²) >= 11 is 3.51. The van der Waals surface area contributed by atoms with Gasteiger partial charge in [0.2, 0.25) is 0 Å². The normalized spacial score (nSPS) is 17.7. The smallest absolute Gasteiger partial charge is 0.124 e. The van der Waals surface area contributed by atoms with Gasteiger partial charge in [-0.2, -0.15) is 0 Å². The minimum atomic E-state index is 0.400. The van der Waals surface area contributed by atoms with E-state index in [9.17, 15) is 0 Å². The molecular formula is C15H18BrNO. The first-order chi connectivity index (χ1) is 8.81. The van der Waals surface area contributed by atoms with Crippen LogP contribution in [0.4, 0.5) is 0 Å². The Labute approximate surface area is 117 Å². The van der Waals surface area contributed by atoms with Crippen LogP contribution < -0.4 is 10.1 Å². The second-order valence-electron chi connectivity index (χ2n) is 4.49. The van der Waals surface area contributed by atoms with Crippen LogP contribution in [-0.4, -0.2) is 13.2 Å². The highest BCUT2D eigenvalue weighted by atomic mass is 79.9. The van der Waals surface area contributed by atoms with E-state index in [0.29, 0.717) is 6.04 Å². The molecule has 96 valence electrons. The van der Waals surface area contributed by atoms with Crippen molar-refractivity contribution in [2.75, 3.05) is 13.2 Å². The Bertz CT molecular complexity index is 439. The van der Waals surface area contributed by atoms with E-state index >= 15 is 0 Å². The van der Waals surface area contributed by atoms with Gasteiger partial charge in [-0.05, 0) is 37.6 Å². The average molecular weight is 308 g/mol. The molecule has 1 aliphatic heterocycles. The largest absolute Gasteiger partial charge is 0.493 e. The lowest BCUT2D eigenvalue weighted by Crippen LogP contribution is -2.27. The number of rotatable bonds is 5. The van der Waals surface area contributed by atoms with Crippen LogP contribution in [0.15, 0.2) is 22.7 Å². The maximum atomic E-state index is 5.67. The maximum absolute atomic E-state index is 5.67. The third-order valence-corrected chi connectivity index (χ3v) is 3.64. The van der Waals surface area contributed by atoms with Crippen molar-refractivity contribution >= 4 is 15.9 Å². The molecule has 0 fully saturated rings. The number of hydrogen-bond acceptors (Lipinski definition) is 2. The molecule has 1 aromatic carbocycles. The summed E-state index contributed by atoms with van der Waals surface area (Å²) in [7, 11) is 0. The number of unbranched alkanes of at least 4 members (excludes halogenated alkanes) is 2. The molecule has 0 spiro atoms. The first kappa shape index (κ1) is 13.5. The van der Waals surface area contributed by atoms with E-state index in [1.807, 2.05) is 12.1 Å². The van der Waals surface area contributed by atoms with E-state index in [-0.39, 0.29) is 0 Å². The lowest BCUT2D eigenvalue weighted by molar-refractivity contribution is 0.252. The number of nitrogens with one attached hydrogen (secondary N) is 1. The highest BCUT2D eigenvalue weighted by Gasteiger charge is 2.20. The molecule has 3 heteroatoms. The van der Waals surface area contributed by atoms with Gasteiger partial charge >= 0.3 is 0 Å². The summed E-state index contributed by atoms with van der Waals surface area (Å²) in [5.41, 5.74) is 1.26. The van der Waals surface area contributed by atoms with Gasteiger partial charge in [-0.3, -0.25) is 0 Å². The Balaban J connectivity index is 1.91. The third-order valence-electron chi connectivity index (χ3n) is 3.15. The van der Waals surface area contributed by atoms with Crippen molar-refractivity contribution in [3.05, 3.63) is 28.2 Å². The highest BCUT2D eigenvalue weighted by Crippen LogP contribution is 2.33. The van der Waals surface area contributed by atoms with Crippen LogP contribution in [-0.2, 0) is 0 Å². The molecule has 18 heavy (non-hydrogen) atoms. The van der Waals surface area contributed by atoms with Crippen LogP contribution >= 0.6 is 15.9 Å². The van der Waals surface area contributed by atoms with Crippen molar-refractivity contribution in [3.63, 3.8) is 0 Å². The van der Waals surface area contributed by atoms with E-state index in [1.165, 1.54) is 5.56 Å². The van der Waals surface area contributed by atoms with Gasteiger partial charge in [0.25, 0.3) is 0 Å². The summed E-state index contributed by atoms with van der Waals surface area (Å²) in [4.78, 5) is 0. The van der Waals surface area contributed by atoms with Crippen LogP contribution in [0.1, 0.15) is 37.3 Å². The van der Waals surface area contributed by atoms with Crippen molar-refractivity contribution < 1.29 is 4.74 Å². The van der Waals surface area contributed by atoms with Crippen molar-refractivity contribution in [1.82, 2.24) is 5.32 Å². The van der Waals surface area contributed by atoms with E-state index in [4.69, 9.17) is 11.2 Å². The topological polar surface area (TPSA) is 21.3 Å². The molecule has 0 saturated carbocycles. The van der Waals surface area contributed by atoms with Gasteiger partial charge in [-0.25, -0.2) is 0 Å². The third kappa shape index (κ3) is 3.51. The Morgan fingerprint density at radius 2 is 2.33 bits per heavy atom. The molecule has 1 unspecified atom stereocenters. The number of terminal acetylenes is 1. The van der Waals surface area contributed by atoms with E-state index in [2.05, 4.69) is 33.2 Å². The fourth-order valence-electron chi connectivity index (χ4n) is 2.21. The molecule has 0 bridgehead atoms. The molecule has 1 aromatic rings. The van der Waals surface area contributed by atoms with Gasteiger partial charge in [-0.15, -0.1) is 12.3 Å². The van der Waals surface area contributed by atoms with Crippen LogP contribution in [0.2, 0.25) is 0 Å². The highest BCUT2D eigenvalue weighted by molar-refractivity contribution is 9.10. The lowest BCUT2D eigenvalue weighted by atomic mass is 10.0. The monoisotopic (exact) mass is 307 g/mol.